The van der Waals surface area contributed by atoms with Crippen LogP contribution in [0.1, 0.15) is 41.4 Å². The van der Waals surface area contributed by atoms with Gasteiger partial charge in [-0.3, -0.25) is 14.5 Å². The van der Waals surface area contributed by atoms with Gasteiger partial charge in [0, 0.05) is 18.7 Å². The lowest BCUT2D eigenvalue weighted by Gasteiger charge is -2.25. The van der Waals surface area contributed by atoms with E-state index in [9.17, 15) is 9.59 Å². The number of hydrogen-bond donors (Lipinski definition) is 1. The van der Waals surface area contributed by atoms with Crippen LogP contribution in [0.25, 0.3) is 0 Å². The number of fused-ring (bicyclic) bond motifs is 1. The van der Waals surface area contributed by atoms with Crippen molar-refractivity contribution in [1.82, 2.24) is 4.90 Å². The fraction of sp³-hybridized carbons (Fsp3) is 0.429. The van der Waals surface area contributed by atoms with Gasteiger partial charge in [-0.05, 0) is 23.1 Å². The molecule has 0 aromatic heterocycles. The van der Waals surface area contributed by atoms with E-state index in [0.717, 1.165) is 11.1 Å². The van der Waals surface area contributed by atoms with Gasteiger partial charge in [-0.2, -0.15) is 0 Å². The number of imide groups is 1. The molecule has 0 fully saturated rings. The van der Waals surface area contributed by atoms with Crippen LogP contribution in [-0.2, 0) is 11.2 Å². The molecule has 2 N–H and O–H groups in total. The van der Waals surface area contributed by atoms with Crippen molar-refractivity contribution in [3.63, 3.8) is 0 Å². The second-order valence-electron chi connectivity index (χ2n) is 5.12. The van der Waals surface area contributed by atoms with E-state index in [4.69, 9.17) is 5.73 Å². The minimum absolute atomic E-state index is 0.0916. The van der Waals surface area contributed by atoms with Crippen LogP contribution in [0.4, 0.5) is 0 Å². The van der Waals surface area contributed by atoms with E-state index in [-0.39, 0.29) is 24.3 Å². The lowest BCUT2D eigenvalue weighted by molar-refractivity contribution is -0.127. The number of amides is 2. The first-order valence-electron chi connectivity index (χ1n) is 6.11. The highest BCUT2D eigenvalue weighted by Crippen LogP contribution is 2.25. The minimum Gasteiger partial charge on any atom is -0.324 e. The summed E-state index contributed by atoms with van der Waals surface area (Å²) in [5.74, 6) is -0.0893. The van der Waals surface area contributed by atoms with Crippen molar-refractivity contribution in [2.45, 2.75) is 26.3 Å². The van der Waals surface area contributed by atoms with Gasteiger partial charge in [0.1, 0.15) is 0 Å². The molecule has 1 aromatic carbocycles. The van der Waals surface area contributed by atoms with Crippen molar-refractivity contribution in [2.75, 3.05) is 7.05 Å². The first-order valence-corrected chi connectivity index (χ1v) is 6.11. The molecule has 0 spiro atoms. The Morgan fingerprint density at radius 1 is 1.28 bits per heavy atom. The number of rotatable bonds is 2. The highest BCUT2D eigenvalue weighted by atomic mass is 16.2. The average molecular weight is 246 g/mol. The predicted molar refractivity (Wildman–Crippen MR) is 69.0 cm³/mol. The molecule has 4 heteroatoms. The molecular formula is C14H18N2O2. The Kier molecular flexibility index (Phi) is 3.22. The van der Waals surface area contributed by atoms with E-state index in [1.807, 2.05) is 32.0 Å². The third-order valence-corrected chi connectivity index (χ3v) is 3.49. The van der Waals surface area contributed by atoms with Crippen LogP contribution in [0.5, 0.6) is 0 Å². The van der Waals surface area contributed by atoms with E-state index in [1.165, 1.54) is 11.9 Å². The van der Waals surface area contributed by atoms with Crippen LogP contribution >= 0.6 is 0 Å². The second-order valence-corrected chi connectivity index (χ2v) is 5.12. The molecule has 0 saturated heterocycles. The van der Waals surface area contributed by atoms with Crippen LogP contribution < -0.4 is 5.73 Å². The summed E-state index contributed by atoms with van der Waals surface area (Å²) in [4.78, 5) is 24.8. The smallest absolute Gasteiger partial charge is 0.260 e. The molecule has 1 aliphatic heterocycles. The van der Waals surface area contributed by atoms with Crippen LogP contribution in [0.3, 0.4) is 0 Å². The van der Waals surface area contributed by atoms with Gasteiger partial charge in [0.2, 0.25) is 5.91 Å². The van der Waals surface area contributed by atoms with Crippen LogP contribution in [-0.4, -0.2) is 23.8 Å². The summed E-state index contributed by atoms with van der Waals surface area (Å²) in [7, 11) is 1.52. The Labute approximate surface area is 107 Å². The Morgan fingerprint density at radius 3 is 2.56 bits per heavy atom. The zero-order valence-electron chi connectivity index (χ0n) is 10.9. The summed E-state index contributed by atoms with van der Waals surface area (Å²) in [6.45, 7) is 4.09. The summed E-state index contributed by atoms with van der Waals surface area (Å²) in [6, 6.07) is 5.49. The summed E-state index contributed by atoms with van der Waals surface area (Å²) in [6.07, 6.45) is 0.286. The number of carbonyl (C=O) groups excluding carboxylic acids is 2. The molecule has 1 unspecified atom stereocenters. The summed E-state index contributed by atoms with van der Waals surface area (Å²) in [5, 5.41) is 0. The van der Waals surface area contributed by atoms with Gasteiger partial charge in [0.15, 0.2) is 0 Å². The van der Waals surface area contributed by atoms with E-state index >= 15 is 0 Å². The number of benzene rings is 1. The summed E-state index contributed by atoms with van der Waals surface area (Å²) < 4.78 is 0. The first kappa shape index (κ1) is 12.8. The lowest BCUT2D eigenvalue weighted by atomic mass is 9.91. The summed E-state index contributed by atoms with van der Waals surface area (Å²) in [5.41, 5.74) is 8.43. The van der Waals surface area contributed by atoms with Gasteiger partial charge >= 0.3 is 0 Å². The van der Waals surface area contributed by atoms with Crippen molar-refractivity contribution in [1.29, 1.82) is 0 Å². The van der Waals surface area contributed by atoms with Crippen molar-refractivity contribution in [2.24, 2.45) is 11.7 Å². The Hall–Kier alpha value is -1.68. The van der Waals surface area contributed by atoms with Crippen molar-refractivity contribution in [3.8, 4) is 0 Å². The number of nitrogens with zero attached hydrogens (tertiary/aromatic N) is 1. The number of nitrogens with two attached hydrogens (primary N) is 1. The Bertz CT molecular complexity index is 509. The number of carbonyl (C=O) groups is 2. The van der Waals surface area contributed by atoms with Crippen molar-refractivity contribution in [3.05, 3.63) is 34.9 Å². The molecular weight excluding hydrogens is 228 g/mol. The topological polar surface area (TPSA) is 63.4 Å². The SMILES string of the molecule is CC(C)C(N)c1ccc2c(c1)C(=O)N(C)C(=O)C2. The fourth-order valence-electron chi connectivity index (χ4n) is 2.11. The zero-order chi connectivity index (χ0) is 13.4. The molecule has 1 aromatic rings. The van der Waals surface area contributed by atoms with Crippen LogP contribution in [0.15, 0.2) is 18.2 Å². The van der Waals surface area contributed by atoms with Gasteiger partial charge < -0.3 is 5.73 Å². The van der Waals surface area contributed by atoms with Gasteiger partial charge in [0.05, 0.1) is 6.42 Å². The molecule has 0 aliphatic carbocycles. The lowest BCUT2D eigenvalue weighted by Crippen LogP contribution is -2.39. The highest BCUT2D eigenvalue weighted by molar-refractivity contribution is 6.09. The zero-order valence-corrected chi connectivity index (χ0v) is 10.9. The van der Waals surface area contributed by atoms with Gasteiger partial charge in [-0.1, -0.05) is 26.0 Å². The molecule has 18 heavy (non-hydrogen) atoms. The van der Waals surface area contributed by atoms with Crippen LogP contribution in [0, 0.1) is 5.92 Å². The van der Waals surface area contributed by atoms with E-state index in [1.54, 1.807) is 0 Å². The number of hydrogen-bond acceptors (Lipinski definition) is 3. The van der Waals surface area contributed by atoms with Gasteiger partial charge in [-0.15, -0.1) is 0 Å². The molecule has 2 amide bonds. The third-order valence-electron chi connectivity index (χ3n) is 3.49. The summed E-state index contributed by atoms with van der Waals surface area (Å²) >= 11 is 0. The fourth-order valence-corrected chi connectivity index (χ4v) is 2.11. The maximum atomic E-state index is 12.0. The largest absolute Gasteiger partial charge is 0.324 e. The molecule has 0 bridgehead atoms. The quantitative estimate of drug-likeness (QED) is 0.804. The predicted octanol–water partition coefficient (Wildman–Crippen LogP) is 1.50. The molecule has 96 valence electrons. The first-order chi connectivity index (χ1) is 8.41. The molecule has 0 radical (unpaired) electrons. The number of likely N-dealkylation sites (N-methyl/N-ethyl adjacent to an activating group) is 1. The maximum absolute atomic E-state index is 12.0. The van der Waals surface area contributed by atoms with Crippen molar-refractivity contribution >= 4 is 11.8 Å². The monoisotopic (exact) mass is 246 g/mol. The van der Waals surface area contributed by atoms with Gasteiger partial charge in [0.25, 0.3) is 5.91 Å². The van der Waals surface area contributed by atoms with E-state index in [2.05, 4.69) is 0 Å². The second kappa shape index (κ2) is 4.53. The van der Waals surface area contributed by atoms with E-state index in [0.29, 0.717) is 11.5 Å². The molecule has 4 nitrogen and oxygen atoms in total. The third kappa shape index (κ3) is 2.04. The molecule has 1 aliphatic rings. The van der Waals surface area contributed by atoms with Gasteiger partial charge in [-0.25, -0.2) is 0 Å². The Morgan fingerprint density at radius 2 is 1.94 bits per heavy atom. The van der Waals surface area contributed by atoms with E-state index < -0.39 is 0 Å². The average Bonchev–Trinajstić information content (AvgIpc) is 2.35. The minimum atomic E-state index is -0.237. The standard InChI is InChI=1S/C14H18N2O2/c1-8(2)13(15)10-5-4-9-7-12(17)16(3)14(18)11(9)6-10/h4-6,8,13H,7,15H2,1-3H3. The molecule has 2 rings (SSSR count). The molecule has 0 saturated carbocycles. The molecule has 1 atom stereocenters. The van der Waals surface area contributed by atoms with Crippen LogP contribution in [0.2, 0.25) is 0 Å². The highest BCUT2D eigenvalue weighted by Gasteiger charge is 2.28. The molecule has 1 heterocycles. The van der Waals surface area contributed by atoms with Crippen molar-refractivity contribution < 1.29 is 9.59 Å². The normalized spacial score (nSPS) is 17.1. The Balaban J connectivity index is 2.44. The maximum Gasteiger partial charge on any atom is 0.260 e.